The molecule has 7 nitrogen and oxygen atoms in total. The zero-order valence-corrected chi connectivity index (χ0v) is 12.4. The van der Waals surface area contributed by atoms with Crippen LogP contribution in [0.5, 0.6) is 0 Å². The second-order valence-electron chi connectivity index (χ2n) is 4.80. The summed E-state index contributed by atoms with van der Waals surface area (Å²) in [4.78, 5) is 23.5. The second kappa shape index (κ2) is 5.89. The second-order valence-corrected chi connectivity index (χ2v) is 4.80. The van der Waals surface area contributed by atoms with E-state index in [-0.39, 0.29) is 0 Å². The molecule has 13 heteroatoms. The number of aromatic nitrogens is 4. The summed E-state index contributed by atoms with van der Waals surface area (Å²) in [6.45, 7) is 0. The first-order valence-electron chi connectivity index (χ1n) is 6.29. The number of nitrogens with zero attached hydrogens (tertiary/aromatic N) is 4. The first-order valence-corrected chi connectivity index (χ1v) is 6.29. The molecule has 2 rings (SSSR count). The van der Waals surface area contributed by atoms with Crippen LogP contribution >= 0.6 is 0 Å². The van der Waals surface area contributed by atoms with Crippen LogP contribution in [0.25, 0.3) is 0 Å². The van der Waals surface area contributed by atoms with Gasteiger partial charge in [0.2, 0.25) is 0 Å². The van der Waals surface area contributed by atoms with Crippen LogP contribution in [-0.4, -0.2) is 31.5 Å². The Morgan fingerprint density at radius 2 is 1.16 bits per heavy atom. The standard InChI is InChI=1S/C12H8F6N4O3/c1-21-3-5(7(19-21)11(13,14)15)9(23)25-10(24)6-4-22(2)20-8(6)12(16,17)18/h3-4H,1-2H3. The number of aryl methyl sites for hydroxylation is 2. The minimum absolute atomic E-state index is 0.631. The Labute approximate surface area is 134 Å². The number of ether oxygens (including phenoxy) is 1. The van der Waals surface area contributed by atoms with Crippen LogP contribution < -0.4 is 0 Å². The van der Waals surface area contributed by atoms with Gasteiger partial charge >= 0.3 is 24.3 Å². The molecular weight excluding hydrogens is 362 g/mol. The molecule has 2 heterocycles. The molecule has 0 aliphatic carbocycles. The average Bonchev–Trinajstić information content (AvgIpc) is 3.01. The van der Waals surface area contributed by atoms with Gasteiger partial charge in [-0.1, -0.05) is 0 Å². The van der Waals surface area contributed by atoms with E-state index in [1.54, 1.807) is 0 Å². The number of alkyl halides is 6. The molecule has 25 heavy (non-hydrogen) atoms. The molecule has 0 aliphatic heterocycles. The summed E-state index contributed by atoms with van der Waals surface area (Å²) < 4.78 is 82.1. The zero-order valence-electron chi connectivity index (χ0n) is 12.4. The van der Waals surface area contributed by atoms with Crippen molar-refractivity contribution in [3.63, 3.8) is 0 Å². The maximum atomic E-state index is 12.8. The Morgan fingerprint density at radius 3 is 1.44 bits per heavy atom. The van der Waals surface area contributed by atoms with E-state index in [0.717, 1.165) is 14.1 Å². The van der Waals surface area contributed by atoms with Gasteiger partial charge in [0.25, 0.3) is 0 Å². The van der Waals surface area contributed by atoms with Crippen molar-refractivity contribution in [3.05, 3.63) is 34.9 Å². The lowest BCUT2D eigenvalue weighted by atomic mass is 10.2. The van der Waals surface area contributed by atoms with Crippen molar-refractivity contribution in [2.24, 2.45) is 14.1 Å². The molecule has 0 saturated carbocycles. The lowest BCUT2D eigenvalue weighted by Crippen LogP contribution is -2.19. The number of carbonyl (C=O) groups is 2. The zero-order chi connectivity index (χ0) is 19.2. The van der Waals surface area contributed by atoms with Crippen LogP contribution in [-0.2, 0) is 31.2 Å². The van der Waals surface area contributed by atoms with Crippen LogP contribution in [0.15, 0.2) is 12.4 Å². The van der Waals surface area contributed by atoms with Gasteiger partial charge in [0, 0.05) is 26.5 Å². The number of halogens is 6. The first kappa shape index (κ1) is 18.5. The lowest BCUT2D eigenvalue weighted by Gasteiger charge is -2.07. The van der Waals surface area contributed by atoms with E-state index in [1.165, 1.54) is 0 Å². The normalized spacial score (nSPS) is 12.3. The molecule has 0 unspecified atom stereocenters. The summed E-state index contributed by atoms with van der Waals surface area (Å²) in [5.74, 6) is -3.58. The number of carbonyl (C=O) groups excluding carboxylic acids is 2. The van der Waals surface area contributed by atoms with Gasteiger partial charge in [-0.15, -0.1) is 0 Å². The Balaban J connectivity index is 2.33. The molecule has 0 aliphatic rings. The Bertz CT molecular complexity index is 765. The van der Waals surface area contributed by atoms with E-state index >= 15 is 0 Å². The largest absolute Gasteiger partial charge is 0.436 e. The molecule has 0 bridgehead atoms. The molecule has 136 valence electrons. The van der Waals surface area contributed by atoms with Crippen molar-refractivity contribution in [3.8, 4) is 0 Å². The fourth-order valence-electron chi connectivity index (χ4n) is 1.89. The summed E-state index contributed by atoms with van der Waals surface area (Å²) in [5, 5.41) is 6.05. The number of esters is 2. The van der Waals surface area contributed by atoms with E-state index in [1.807, 2.05) is 0 Å². The molecule has 0 spiro atoms. The van der Waals surface area contributed by atoms with E-state index in [0.29, 0.717) is 21.8 Å². The van der Waals surface area contributed by atoms with E-state index < -0.39 is 46.8 Å². The summed E-state index contributed by atoms with van der Waals surface area (Å²) in [5.41, 5.74) is -5.48. The highest BCUT2D eigenvalue weighted by Gasteiger charge is 2.42. The van der Waals surface area contributed by atoms with Crippen molar-refractivity contribution < 1.29 is 40.7 Å². The van der Waals surface area contributed by atoms with Gasteiger partial charge in [-0.2, -0.15) is 36.5 Å². The summed E-state index contributed by atoms with van der Waals surface area (Å²) >= 11 is 0. The van der Waals surface area contributed by atoms with Crippen LogP contribution in [0.3, 0.4) is 0 Å². The number of hydrogen-bond donors (Lipinski definition) is 0. The predicted molar refractivity (Wildman–Crippen MR) is 66.2 cm³/mol. The van der Waals surface area contributed by atoms with Gasteiger partial charge in [0.15, 0.2) is 11.4 Å². The third kappa shape index (κ3) is 3.80. The Morgan fingerprint density at radius 1 is 0.840 bits per heavy atom. The maximum absolute atomic E-state index is 12.8. The molecule has 2 aromatic heterocycles. The number of rotatable bonds is 2. The highest BCUT2D eigenvalue weighted by Crippen LogP contribution is 2.32. The molecule has 0 aromatic carbocycles. The lowest BCUT2D eigenvalue weighted by molar-refractivity contribution is -0.142. The molecule has 0 fully saturated rings. The van der Waals surface area contributed by atoms with Crippen molar-refractivity contribution in [2.45, 2.75) is 12.4 Å². The average molecular weight is 370 g/mol. The third-order valence-corrected chi connectivity index (χ3v) is 2.82. The molecule has 0 N–H and O–H groups in total. The summed E-state index contributed by atoms with van der Waals surface area (Å²) in [6.07, 6.45) is -8.78. The van der Waals surface area contributed by atoms with Crippen LogP contribution in [0.2, 0.25) is 0 Å². The third-order valence-electron chi connectivity index (χ3n) is 2.82. The predicted octanol–water partition coefficient (Wildman–Crippen LogP) is 2.19. The van der Waals surface area contributed by atoms with Crippen LogP contribution in [0.4, 0.5) is 26.3 Å². The summed E-state index contributed by atoms with van der Waals surface area (Å²) in [7, 11) is 2.16. The molecule has 2 aromatic rings. The highest BCUT2D eigenvalue weighted by molar-refractivity contribution is 6.03. The van der Waals surface area contributed by atoms with Crippen molar-refractivity contribution in [1.29, 1.82) is 0 Å². The van der Waals surface area contributed by atoms with Crippen LogP contribution in [0, 0.1) is 0 Å². The Hall–Kier alpha value is -2.86. The minimum atomic E-state index is -5.02. The molecule has 0 saturated heterocycles. The fraction of sp³-hybridized carbons (Fsp3) is 0.333. The van der Waals surface area contributed by atoms with Crippen LogP contribution in [0.1, 0.15) is 32.1 Å². The SMILES string of the molecule is Cn1cc(C(=O)OC(=O)c2cn(C)nc2C(F)(F)F)c(C(F)(F)F)n1. The summed E-state index contributed by atoms with van der Waals surface area (Å²) in [6, 6.07) is 0. The smallest absolute Gasteiger partial charge is 0.386 e. The monoisotopic (exact) mass is 370 g/mol. The van der Waals surface area contributed by atoms with Gasteiger partial charge < -0.3 is 4.74 Å². The molecule has 0 atom stereocenters. The van der Waals surface area contributed by atoms with Crippen molar-refractivity contribution in [1.82, 2.24) is 19.6 Å². The van der Waals surface area contributed by atoms with Gasteiger partial charge in [-0.05, 0) is 0 Å². The Kier molecular flexibility index (Phi) is 4.36. The van der Waals surface area contributed by atoms with E-state index in [2.05, 4.69) is 14.9 Å². The van der Waals surface area contributed by atoms with Gasteiger partial charge in [0.05, 0.1) is 0 Å². The minimum Gasteiger partial charge on any atom is -0.386 e. The molecular formula is C12H8F6N4O3. The highest BCUT2D eigenvalue weighted by atomic mass is 19.4. The number of hydrogen-bond acceptors (Lipinski definition) is 5. The van der Waals surface area contributed by atoms with E-state index in [4.69, 9.17) is 0 Å². The molecule has 0 amide bonds. The van der Waals surface area contributed by atoms with E-state index in [9.17, 15) is 35.9 Å². The van der Waals surface area contributed by atoms with Crippen molar-refractivity contribution in [2.75, 3.05) is 0 Å². The first-order chi connectivity index (χ1) is 11.3. The quantitative estimate of drug-likeness (QED) is 0.460. The fourth-order valence-corrected chi connectivity index (χ4v) is 1.89. The van der Waals surface area contributed by atoms with Gasteiger partial charge in [-0.3, -0.25) is 9.36 Å². The maximum Gasteiger partial charge on any atom is 0.436 e. The topological polar surface area (TPSA) is 79.0 Å². The van der Waals surface area contributed by atoms with Gasteiger partial charge in [0.1, 0.15) is 11.1 Å². The van der Waals surface area contributed by atoms with Crippen molar-refractivity contribution >= 4 is 11.9 Å². The van der Waals surface area contributed by atoms with Gasteiger partial charge in [-0.25, -0.2) is 9.59 Å². The molecule has 0 radical (unpaired) electrons.